The van der Waals surface area contributed by atoms with Gasteiger partial charge >= 0.3 is 6.29 Å². The van der Waals surface area contributed by atoms with E-state index >= 15 is 0 Å². The molecule has 0 aromatic rings. The van der Waals surface area contributed by atoms with Crippen molar-refractivity contribution in [3.8, 4) is 0 Å². The van der Waals surface area contributed by atoms with Gasteiger partial charge in [-0.1, -0.05) is 12.2 Å². The lowest BCUT2D eigenvalue weighted by molar-refractivity contribution is -0.403. The third kappa shape index (κ3) is 2.92. The minimum Gasteiger partial charge on any atom is -0.306 e. The summed E-state index contributed by atoms with van der Waals surface area (Å²) in [7, 11) is 0. The maximum Gasteiger partial charge on any atom is 0.487 e. The van der Waals surface area contributed by atoms with Crippen LogP contribution in [0, 0.1) is 0 Å². The molecule has 1 heterocycles. The average molecular weight is 165 g/mol. The normalized spacial score (nSPS) is 33.9. The first-order chi connectivity index (χ1) is 5.10. The Labute approximate surface area is 62.8 Å². The highest BCUT2D eigenvalue weighted by molar-refractivity contribution is 4.84. The standard InChI is InChI=1S/C6H9F2NO2/c7-6(8)10-4-2-1-3-5(9)11-6/h1-2,5H,3-4,9H2/b2-1-. The molecular formula is C6H9F2NO2. The molecule has 0 saturated heterocycles. The van der Waals surface area contributed by atoms with Gasteiger partial charge in [-0.2, -0.15) is 0 Å². The summed E-state index contributed by atoms with van der Waals surface area (Å²) in [4.78, 5) is 0. The Bertz CT molecular complexity index is 161. The number of hydrogen-bond acceptors (Lipinski definition) is 3. The van der Waals surface area contributed by atoms with E-state index in [2.05, 4.69) is 9.47 Å². The molecule has 1 unspecified atom stereocenters. The number of halogens is 2. The molecule has 0 aliphatic carbocycles. The first kappa shape index (κ1) is 8.58. The van der Waals surface area contributed by atoms with E-state index < -0.39 is 12.5 Å². The second-order valence-electron chi connectivity index (χ2n) is 2.14. The SMILES string of the molecule is NC1C/C=C\COC(F)(F)O1. The third-order valence-electron chi connectivity index (χ3n) is 1.17. The molecule has 11 heavy (non-hydrogen) atoms. The average Bonchev–Trinajstić information content (AvgIpc) is 1.82. The second kappa shape index (κ2) is 3.25. The van der Waals surface area contributed by atoms with Gasteiger partial charge in [0.05, 0.1) is 6.61 Å². The zero-order chi connectivity index (χ0) is 8.32. The maximum absolute atomic E-state index is 12.3. The predicted octanol–water partition coefficient (Wildman–Crippen LogP) is 0.815. The maximum atomic E-state index is 12.3. The Hall–Kier alpha value is -0.520. The van der Waals surface area contributed by atoms with E-state index in [1.54, 1.807) is 6.08 Å². The molecule has 0 bridgehead atoms. The van der Waals surface area contributed by atoms with Gasteiger partial charge in [0.2, 0.25) is 0 Å². The van der Waals surface area contributed by atoms with Crippen molar-refractivity contribution in [2.75, 3.05) is 6.61 Å². The Kier molecular flexibility index (Phi) is 2.53. The molecule has 0 spiro atoms. The van der Waals surface area contributed by atoms with E-state index in [0.717, 1.165) is 0 Å². The van der Waals surface area contributed by atoms with E-state index in [1.807, 2.05) is 0 Å². The van der Waals surface area contributed by atoms with Crippen LogP contribution in [-0.4, -0.2) is 19.1 Å². The molecule has 1 aliphatic rings. The van der Waals surface area contributed by atoms with E-state index in [-0.39, 0.29) is 13.0 Å². The Morgan fingerprint density at radius 1 is 1.45 bits per heavy atom. The Morgan fingerprint density at radius 2 is 2.18 bits per heavy atom. The fourth-order valence-corrected chi connectivity index (χ4v) is 0.702. The van der Waals surface area contributed by atoms with Crippen molar-refractivity contribution < 1.29 is 18.3 Å². The van der Waals surface area contributed by atoms with Crippen molar-refractivity contribution in [2.24, 2.45) is 5.73 Å². The molecular weight excluding hydrogens is 156 g/mol. The van der Waals surface area contributed by atoms with Gasteiger partial charge in [0.15, 0.2) is 0 Å². The second-order valence-corrected chi connectivity index (χ2v) is 2.14. The van der Waals surface area contributed by atoms with Crippen LogP contribution in [0.3, 0.4) is 0 Å². The summed E-state index contributed by atoms with van der Waals surface area (Å²) in [5, 5.41) is 0. The van der Waals surface area contributed by atoms with Crippen molar-refractivity contribution in [3.05, 3.63) is 12.2 Å². The van der Waals surface area contributed by atoms with Crippen molar-refractivity contribution in [1.29, 1.82) is 0 Å². The first-order valence-electron chi connectivity index (χ1n) is 3.20. The summed E-state index contributed by atoms with van der Waals surface area (Å²) < 4.78 is 32.7. The van der Waals surface area contributed by atoms with Gasteiger partial charge in [0.1, 0.15) is 6.23 Å². The molecule has 0 amide bonds. The number of rotatable bonds is 0. The van der Waals surface area contributed by atoms with Crippen LogP contribution in [-0.2, 0) is 9.47 Å². The van der Waals surface area contributed by atoms with Gasteiger partial charge in [-0.25, -0.2) is 0 Å². The van der Waals surface area contributed by atoms with Crippen LogP contribution >= 0.6 is 0 Å². The minimum atomic E-state index is -3.55. The fourth-order valence-electron chi connectivity index (χ4n) is 0.702. The topological polar surface area (TPSA) is 44.5 Å². The van der Waals surface area contributed by atoms with Gasteiger partial charge in [-0.15, -0.1) is 8.78 Å². The number of alkyl halides is 2. The zero-order valence-corrected chi connectivity index (χ0v) is 5.80. The summed E-state index contributed by atoms with van der Waals surface area (Å²) in [6, 6.07) is 0. The Morgan fingerprint density at radius 3 is 2.91 bits per heavy atom. The summed E-state index contributed by atoms with van der Waals surface area (Å²) in [5.74, 6) is 0. The smallest absolute Gasteiger partial charge is 0.306 e. The molecule has 0 fully saturated rings. The van der Waals surface area contributed by atoms with E-state index in [4.69, 9.17) is 5.73 Å². The summed E-state index contributed by atoms with van der Waals surface area (Å²) in [6.07, 6.45) is -1.15. The molecule has 0 radical (unpaired) electrons. The fraction of sp³-hybridized carbons (Fsp3) is 0.667. The zero-order valence-electron chi connectivity index (χ0n) is 5.80. The number of hydrogen-bond donors (Lipinski definition) is 1. The molecule has 1 aliphatic heterocycles. The van der Waals surface area contributed by atoms with E-state index in [0.29, 0.717) is 0 Å². The van der Waals surface area contributed by atoms with Crippen molar-refractivity contribution in [1.82, 2.24) is 0 Å². The van der Waals surface area contributed by atoms with Crippen molar-refractivity contribution >= 4 is 0 Å². The lowest BCUT2D eigenvalue weighted by atomic mass is 10.3. The van der Waals surface area contributed by atoms with Crippen molar-refractivity contribution in [2.45, 2.75) is 18.9 Å². The van der Waals surface area contributed by atoms with Crippen LogP contribution in [0.1, 0.15) is 6.42 Å². The van der Waals surface area contributed by atoms with E-state index in [9.17, 15) is 8.78 Å². The lowest BCUT2D eigenvalue weighted by Crippen LogP contribution is -2.36. The highest BCUT2D eigenvalue weighted by Gasteiger charge is 2.34. The summed E-state index contributed by atoms with van der Waals surface area (Å²) >= 11 is 0. The molecule has 0 aromatic carbocycles. The Balaban J connectivity index is 2.54. The van der Waals surface area contributed by atoms with Gasteiger partial charge < -0.3 is 5.73 Å². The lowest BCUT2D eigenvalue weighted by Gasteiger charge is -2.21. The third-order valence-corrected chi connectivity index (χ3v) is 1.17. The largest absolute Gasteiger partial charge is 0.487 e. The highest BCUT2D eigenvalue weighted by Crippen LogP contribution is 2.20. The minimum absolute atomic E-state index is 0.153. The molecule has 64 valence electrons. The van der Waals surface area contributed by atoms with E-state index in [1.165, 1.54) is 6.08 Å². The molecule has 0 saturated carbocycles. The summed E-state index contributed by atoms with van der Waals surface area (Å²) in [6.45, 7) is -0.153. The molecule has 2 N–H and O–H groups in total. The van der Waals surface area contributed by atoms with Gasteiger partial charge in [-0.05, 0) is 0 Å². The van der Waals surface area contributed by atoms with Crippen LogP contribution in [0.25, 0.3) is 0 Å². The van der Waals surface area contributed by atoms with Crippen LogP contribution in [0.15, 0.2) is 12.2 Å². The highest BCUT2D eigenvalue weighted by atomic mass is 19.3. The predicted molar refractivity (Wildman–Crippen MR) is 33.7 cm³/mol. The quantitative estimate of drug-likeness (QED) is 0.540. The van der Waals surface area contributed by atoms with Crippen LogP contribution in [0.2, 0.25) is 0 Å². The van der Waals surface area contributed by atoms with Crippen LogP contribution in [0.5, 0.6) is 0 Å². The molecule has 1 rings (SSSR count). The van der Waals surface area contributed by atoms with Gasteiger partial charge in [0, 0.05) is 6.42 Å². The van der Waals surface area contributed by atoms with Crippen LogP contribution < -0.4 is 5.73 Å². The molecule has 1 atom stereocenters. The van der Waals surface area contributed by atoms with Crippen molar-refractivity contribution in [3.63, 3.8) is 0 Å². The molecule has 3 nitrogen and oxygen atoms in total. The van der Waals surface area contributed by atoms with Gasteiger partial charge in [-0.3, -0.25) is 9.47 Å². The van der Waals surface area contributed by atoms with Crippen LogP contribution in [0.4, 0.5) is 8.78 Å². The monoisotopic (exact) mass is 165 g/mol. The number of ether oxygens (including phenoxy) is 2. The number of nitrogens with two attached hydrogens (primary N) is 1. The molecule has 5 heteroatoms. The van der Waals surface area contributed by atoms with Gasteiger partial charge in [0.25, 0.3) is 0 Å². The first-order valence-corrected chi connectivity index (χ1v) is 3.20. The summed E-state index contributed by atoms with van der Waals surface area (Å²) in [5.41, 5.74) is 5.15. The molecule has 0 aromatic heterocycles.